The van der Waals surface area contributed by atoms with Crippen molar-refractivity contribution < 1.29 is 14.0 Å². The van der Waals surface area contributed by atoms with E-state index in [1.54, 1.807) is 19.9 Å². The van der Waals surface area contributed by atoms with Crippen LogP contribution in [0.2, 0.25) is 0 Å². The molecule has 0 aliphatic heterocycles. The Balaban J connectivity index is 2.54. The number of rotatable bonds is 3. The average molecular weight is 271 g/mol. The summed E-state index contributed by atoms with van der Waals surface area (Å²) in [7, 11) is 0. The van der Waals surface area contributed by atoms with Gasteiger partial charge in [0.1, 0.15) is 5.82 Å². The van der Waals surface area contributed by atoms with Crippen molar-refractivity contribution >= 4 is 17.8 Å². The molecule has 102 valence electrons. The molecular formula is C16H14FNO2. The second-order valence-electron chi connectivity index (χ2n) is 4.64. The van der Waals surface area contributed by atoms with Crippen LogP contribution in [0.25, 0.3) is 0 Å². The van der Waals surface area contributed by atoms with E-state index < -0.39 is 5.82 Å². The molecule has 0 fully saturated rings. The summed E-state index contributed by atoms with van der Waals surface area (Å²) < 4.78 is 13.3. The molecule has 3 nitrogen and oxygen atoms in total. The SMILES string of the molecule is C/C=C(\C=N)CC1=C(C)C(=O)c2ccc(F)cc2C1=O. The predicted octanol–water partition coefficient (Wildman–Crippen LogP) is 3.51. The number of halogens is 1. The first-order valence-electron chi connectivity index (χ1n) is 6.24. The van der Waals surface area contributed by atoms with Crippen LogP contribution >= 0.6 is 0 Å². The average Bonchev–Trinajstić information content (AvgIpc) is 2.45. The van der Waals surface area contributed by atoms with Crippen LogP contribution in [0.5, 0.6) is 0 Å². The van der Waals surface area contributed by atoms with Crippen molar-refractivity contribution in [1.82, 2.24) is 0 Å². The highest BCUT2D eigenvalue weighted by Crippen LogP contribution is 2.29. The summed E-state index contributed by atoms with van der Waals surface area (Å²) in [4.78, 5) is 24.6. The van der Waals surface area contributed by atoms with Crippen LogP contribution in [0, 0.1) is 11.2 Å². The van der Waals surface area contributed by atoms with E-state index in [1.807, 2.05) is 0 Å². The Hall–Kier alpha value is -2.36. The zero-order valence-corrected chi connectivity index (χ0v) is 11.3. The van der Waals surface area contributed by atoms with E-state index in [0.717, 1.165) is 12.3 Å². The summed E-state index contributed by atoms with van der Waals surface area (Å²) in [5, 5.41) is 7.27. The maximum absolute atomic E-state index is 13.3. The monoisotopic (exact) mass is 271 g/mol. The lowest BCUT2D eigenvalue weighted by Gasteiger charge is -2.19. The van der Waals surface area contributed by atoms with E-state index in [4.69, 9.17) is 5.41 Å². The topological polar surface area (TPSA) is 58.0 Å². The van der Waals surface area contributed by atoms with Gasteiger partial charge in [0, 0.05) is 34.9 Å². The fourth-order valence-electron chi connectivity index (χ4n) is 2.23. The van der Waals surface area contributed by atoms with Gasteiger partial charge in [-0.1, -0.05) is 6.08 Å². The minimum atomic E-state index is -0.540. The molecule has 0 amide bonds. The molecule has 1 aliphatic carbocycles. The molecule has 1 aliphatic rings. The first-order valence-corrected chi connectivity index (χ1v) is 6.24. The standard InChI is InChI=1S/C16H14FNO2/c1-3-10(8-18)6-13-9(2)15(19)12-5-4-11(17)7-14(12)16(13)20/h3-5,7-8,18H,6H2,1-2H3/b10-3-,18-8?. The molecule has 0 saturated carbocycles. The number of ketones is 2. The molecule has 0 unspecified atom stereocenters. The number of fused-ring (bicyclic) bond motifs is 1. The van der Waals surface area contributed by atoms with E-state index in [2.05, 4.69) is 0 Å². The molecule has 0 radical (unpaired) electrons. The number of Topliss-reactive ketones (excluding diaryl/α,β-unsaturated/α-hetero) is 2. The third-order valence-corrected chi connectivity index (χ3v) is 3.48. The summed E-state index contributed by atoms with van der Waals surface area (Å²) in [6, 6.07) is 3.62. The number of hydrogen-bond acceptors (Lipinski definition) is 3. The van der Waals surface area contributed by atoms with Crippen molar-refractivity contribution in [2.24, 2.45) is 0 Å². The Bertz CT molecular complexity index is 684. The maximum atomic E-state index is 13.3. The molecular weight excluding hydrogens is 257 g/mol. The molecule has 0 spiro atoms. The molecule has 1 N–H and O–H groups in total. The van der Waals surface area contributed by atoms with Gasteiger partial charge >= 0.3 is 0 Å². The van der Waals surface area contributed by atoms with Crippen molar-refractivity contribution in [3.63, 3.8) is 0 Å². The lowest BCUT2D eigenvalue weighted by atomic mass is 9.82. The molecule has 1 aromatic carbocycles. The number of hydrogen-bond donors (Lipinski definition) is 1. The first-order chi connectivity index (χ1) is 9.49. The number of allylic oxidation sites excluding steroid dienone is 4. The highest BCUT2D eigenvalue weighted by atomic mass is 19.1. The predicted molar refractivity (Wildman–Crippen MR) is 74.9 cm³/mol. The molecule has 0 heterocycles. The van der Waals surface area contributed by atoms with Crippen LogP contribution in [0.15, 0.2) is 41.0 Å². The van der Waals surface area contributed by atoms with Crippen LogP contribution < -0.4 is 0 Å². The van der Waals surface area contributed by atoms with Crippen LogP contribution in [-0.2, 0) is 0 Å². The number of carbonyl (C=O) groups excluding carboxylic acids is 2. The van der Waals surface area contributed by atoms with Gasteiger partial charge in [-0.05, 0) is 37.6 Å². The summed E-state index contributed by atoms with van der Waals surface area (Å²) in [5.74, 6) is -1.13. The van der Waals surface area contributed by atoms with Crippen molar-refractivity contribution in [3.8, 4) is 0 Å². The Morgan fingerprint density at radius 2 is 1.95 bits per heavy atom. The van der Waals surface area contributed by atoms with Gasteiger partial charge in [-0.25, -0.2) is 4.39 Å². The van der Waals surface area contributed by atoms with E-state index in [9.17, 15) is 14.0 Å². The molecule has 0 bridgehead atoms. The third-order valence-electron chi connectivity index (χ3n) is 3.48. The van der Waals surface area contributed by atoms with Crippen molar-refractivity contribution in [1.29, 1.82) is 5.41 Å². The summed E-state index contributed by atoms with van der Waals surface area (Å²) in [6.45, 7) is 3.36. The van der Waals surface area contributed by atoms with Crippen molar-refractivity contribution in [2.75, 3.05) is 0 Å². The smallest absolute Gasteiger partial charge is 0.190 e. The van der Waals surface area contributed by atoms with Crippen LogP contribution in [0.4, 0.5) is 4.39 Å². The number of carbonyl (C=O) groups is 2. The molecule has 0 atom stereocenters. The second-order valence-corrected chi connectivity index (χ2v) is 4.64. The minimum Gasteiger partial charge on any atom is -0.308 e. The largest absolute Gasteiger partial charge is 0.308 e. The summed E-state index contributed by atoms with van der Waals surface area (Å²) in [5.41, 5.74) is 1.70. The van der Waals surface area contributed by atoms with Gasteiger partial charge in [-0.15, -0.1) is 0 Å². The Morgan fingerprint density at radius 3 is 2.55 bits per heavy atom. The van der Waals surface area contributed by atoms with E-state index in [-0.39, 0.29) is 29.1 Å². The first kappa shape index (κ1) is 14.1. The van der Waals surface area contributed by atoms with Gasteiger partial charge in [0.2, 0.25) is 0 Å². The summed E-state index contributed by atoms with van der Waals surface area (Å²) >= 11 is 0. The quantitative estimate of drug-likeness (QED) is 0.855. The third kappa shape index (κ3) is 2.25. The number of benzene rings is 1. The van der Waals surface area contributed by atoms with Crippen molar-refractivity contribution in [3.05, 3.63) is 57.9 Å². The molecule has 20 heavy (non-hydrogen) atoms. The van der Waals surface area contributed by atoms with E-state index in [1.165, 1.54) is 12.1 Å². The zero-order valence-electron chi connectivity index (χ0n) is 11.3. The van der Waals surface area contributed by atoms with Crippen LogP contribution in [0.1, 0.15) is 41.0 Å². The molecule has 4 heteroatoms. The Labute approximate surface area is 116 Å². The van der Waals surface area contributed by atoms with Crippen LogP contribution in [0.3, 0.4) is 0 Å². The molecule has 0 saturated heterocycles. The fraction of sp³-hybridized carbons (Fsp3) is 0.188. The molecule has 1 aromatic rings. The highest BCUT2D eigenvalue weighted by molar-refractivity contribution is 6.27. The van der Waals surface area contributed by atoms with Gasteiger partial charge in [-0.3, -0.25) is 9.59 Å². The lowest BCUT2D eigenvalue weighted by Crippen LogP contribution is -2.21. The molecule has 2 rings (SSSR count). The molecule has 0 aromatic heterocycles. The van der Waals surface area contributed by atoms with E-state index in [0.29, 0.717) is 16.7 Å². The van der Waals surface area contributed by atoms with E-state index >= 15 is 0 Å². The maximum Gasteiger partial charge on any atom is 0.190 e. The van der Waals surface area contributed by atoms with Gasteiger partial charge in [0.25, 0.3) is 0 Å². The normalized spacial score (nSPS) is 15.4. The van der Waals surface area contributed by atoms with Crippen molar-refractivity contribution in [2.45, 2.75) is 20.3 Å². The second kappa shape index (κ2) is 5.33. The van der Waals surface area contributed by atoms with Crippen LogP contribution in [-0.4, -0.2) is 17.8 Å². The fourth-order valence-corrected chi connectivity index (χ4v) is 2.23. The lowest BCUT2D eigenvalue weighted by molar-refractivity contribution is 0.0972. The zero-order chi connectivity index (χ0) is 14.9. The Morgan fingerprint density at radius 1 is 1.25 bits per heavy atom. The summed E-state index contributed by atoms with van der Waals surface area (Å²) in [6.07, 6.45) is 3.08. The van der Waals surface area contributed by atoms with Gasteiger partial charge < -0.3 is 5.41 Å². The van der Waals surface area contributed by atoms with Gasteiger partial charge in [-0.2, -0.15) is 0 Å². The van der Waals surface area contributed by atoms with Gasteiger partial charge in [0.15, 0.2) is 11.6 Å². The van der Waals surface area contributed by atoms with Gasteiger partial charge in [0.05, 0.1) is 0 Å². The highest BCUT2D eigenvalue weighted by Gasteiger charge is 2.30. The number of nitrogens with one attached hydrogen (secondary N) is 1. The Kier molecular flexibility index (Phi) is 3.74. The minimum absolute atomic E-state index is 0.107.